The summed E-state index contributed by atoms with van der Waals surface area (Å²) in [5.41, 5.74) is 1.25. The second-order valence-corrected chi connectivity index (χ2v) is 6.97. The van der Waals surface area contributed by atoms with E-state index in [4.69, 9.17) is 0 Å². The Balaban J connectivity index is 1.59. The molecule has 21 heavy (non-hydrogen) atoms. The van der Waals surface area contributed by atoms with Gasteiger partial charge in [-0.3, -0.25) is 0 Å². The fourth-order valence-corrected chi connectivity index (χ4v) is 3.71. The molecule has 1 aliphatic heterocycles. The molecule has 0 unspecified atom stereocenters. The van der Waals surface area contributed by atoms with E-state index < -0.39 is 0 Å². The van der Waals surface area contributed by atoms with Gasteiger partial charge in [0.15, 0.2) is 5.13 Å². The quantitative estimate of drug-likeness (QED) is 0.921. The Morgan fingerprint density at radius 2 is 1.90 bits per heavy atom. The molecule has 1 saturated heterocycles. The van der Waals surface area contributed by atoms with Crippen LogP contribution in [0.4, 0.5) is 5.13 Å². The van der Waals surface area contributed by atoms with Crippen molar-refractivity contribution in [1.82, 2.24) is 9.88 Å². The van der Waals surface area contributed by atoms with Crippen molar-refractivity contribution in [2.45, 2.75) is 38.8 Å². The first kappa shape index (κ1) is 14.5. The van der Waals surface area contributed by atoms with Crippen LogP contribution in [0.3, 0.4) is 0 Å². The van der Waals surface area contributed by atoms with Gasteiger partial charge in [0.05, 0.1) is 4.88 Å². The number of hydrogen-bond donors (Lipinski definition) is 1. The van der Waals surface area contributed by atoms with Gasteiger partial charge in [-0.15, -0.1) is 0 Å². The molecule has 1 fully saturated rings. The number of likely N-dealkylation sites (tertiary alicyclic amines) is 1. The van der Waals surface area contributed by atoms with E-state index in [1.807, 2.05) is 12.3 Å². The molecule has 0 radical (unpaired) electrons. The van der Waals surface area contributed by atoms with Gasteiger partial charge in [0.25, 0.3) is 0 Å². The Bertz CT molecular complexity index is 556. The lowest BCUT2D eigenvalue weighted by molar-refractivity contribution is 0.177. The van der Waals surface area contributed by atoms with Crippen LogP contribution in [0, 0.1) is 0 Å². The fraction of sp³-hybridized carbons (Fsp3) is 0.471. The van der Waals surface area contributed by atoms with Gasteiger partial charge in [-0.05, 0) is 32.3 Å². The summed E-state index contributed by atoms with van der Waals surface area (Å²) in [6.45, 7) is 6.93. The molecular weight excluding hydrogens is 278 g/mol. The number of anilines is 1. The molecule has 1 N–H and O–H groups in total. The monoisotopic (exact) mass is 301 g/mol. The molecule has 0 spiro atoms. The molecule has 1 aromatic heterocycles. The molecule has 0 aliphatic carbocycles. The van der Waals surface area contributed by atoms with Gasteiger partial charge in [0.2, 0.25) is 0 Å². The normalized spacial score (nSPS) is 17.3. The van der Waals surface area contributed by atoms with Crippen molar-refractivity contribution in [3.63, 3.8) is 0 Å². The lowest BCUT2D eigenvalue weighted by Gasteiger charge is -2.34. The van der Waals surface area contributed by atoms with Crippen LogP contribution < -0.4 is 5.32 Å². The molecule has 0 amide bonds. The largest absolute Gasteiger partial charge is 0.359 e. The minimum Gasteiger partial charge on any atom is -0.359 e. The van der Waals surface area contributed by atoms with Crippen molar-refractivity contribution in [3.8, 4) is 10.4 Å². The summed E-state index contributed by atoms with van der Waals surface area (Å²) >= 11 is 1.75. The molecule has 0 saturated carbocycles. The molecule has 3 rings (SSSR count). The fourth-order valence-electron chi connectivity index (χ4n) is 2.81. The first-order valence-corrected chi connectivity index (χ1v) is 8.56. The molecule has 1 aromatic carbocycles. The van der Waals surface area contributed by atoms with Crippen LogP contribution in [0.15, 0.2) is 36.5 Å². The Kier molecular flexibility index (Phi) is 4.56. The summed E-state index contributed by atoms with van der Waals surface area (Å²) in [7, 11) is 0. The van der Waals surface area contributed by atoms with Gasteiger partial charge < -0.3 is 10.2 Å². The zero-order valence-corrected chi connectivity index (χ0v) is 13.6. The Morgan fingerprint density at radius 1 is 1.19 bits per heavy atom. The van der Waals surface area contributed by atoms with Crippen molar-refractivity contribution in [2.75, 3.05) is 18.4 Å². The SMILES string of the molecule is CC(C)N1CCC(Nc2ncc(-c3ccccc3)s2)CC1. The Morgan fingerprint density at radius 3 is 2.57 bits per heavy atom. The number of hydrogen-bond acceptors (Lipinski definition) is 4. The number of piperidine rings is 1. The highest BCUT2D eigenvalue weighted by Gasteiger charge is 2.21. The highest BCUT2D eigenvalue weighted by molar-refractivity contribution is 7.18. The molecular formula is C17H23N3S. The van der Waals surface area contributed by atoms with E-state index in [2.05, 4.69) is 53.3 Å². The van der Waals surface area contributed by atoms with Gasteiger partial charge in [-0.1, -0.05) is 41.7 Å². The van der Waals surface area contributed by atoms with Crippen molar-refractivity contribution in [2.24, 2.45) is 0 Å². The molecule has 2 aromatic rings. The molecule has 1 aliphatic rings. The third kappa shape index (κ3) is 3.63. The predicted octanol–water partition coefficient (Wildman–Crippen LogP) is 4.09. The number of thiazole rings is 1. The topological polar surface area (TPSA) is 28.2 Å². The van der Waals surface area contributed by atoms with Gasteiger partial charge in [-0.2, -0.15) is 0 Å². The minimum atomic E-state index is 0.565. The summed E-state index contributed by atoms with van der Waals surface area (Å²) in [6.07, 6.45) is 4.39. The van der Waals surface area contributed by atoms with Crippen molar-refractivity contribution in [1.29, 1.82) is 0 Å². The maximum Gasteiger partial charge on any atom is 0.183 e. The van der Waals surface area contributed by atoms with Crippen molar-refractivity contribution < 1.29 is 0 Å². The second-order valence-electron chi connectivity index (χ2n) is 5.94. The highest BCUT2D eigenvalue weighted by Crippen LogP contribution is 2.29. The summed E-state index contributed by atoms with van der Waals surface area (Å²) in [6, 6.07) is 11.7. The molecule has 2 heterocycles. The van der Waals surface area contributed by atoms with Crippen LogP contribution in [0.25, 0.3) is 10.4 Å². The lowest BCUT2D eigenvalue weighted by atomic mass is 10.0. The molecule has 3 nitrogen and oxygen atoms in total. The molecule has 0 bridgehead atoms. The van der Waals surface area contributed by atoms with E-state index in [0.29, 0.717) is 12.1 Å². The summed E-state index contributed by atoms with van der Waals surface area (Å²) in [4.78, 5) is 8.32. The van der Waals surface area contributed by atoms with Gasteiger partial charge in [-0.25, -0.2) is 4.98 Å². The average Bonchev–Trinajstić information content (AvgIpc) is 2.97. The van der Waals surface area contributed by atoms with E-state index in [1.165, 1.54) is 36.4 Å². The van der Waals surface area contributed by atoms with E-state index in [0.717, 1.165) is 5.13 Å². The number of benzene rings is 1. The zero-order chi connectivity index (χ0) is 14.7. The first-order chi connectivity index (χ1) is 10.2. The highest BCUT2D eigenvalue weighted by atomic mass is 32.1. The van der Waals surface area contributed by atoms with Crippen LogP contribution in [0.1, 0.15) is 26.7 Å². The van der Waals surface area contributed by atoms with Crippen LogP contribution >= 0.6 is 11.3 Å². The molecule has 0 atom stereocenters. The number of nitrogens with zero attached hydrogens (tertiary/aromatic N) is 2. The second kappa shape index (κ2) is 6.58. The summed E-state index contributed by atoms with van der Waals surface area (Å²) in [5, 5.41) is 4.66. The van der Waals surface area contributed by atoms with E-state index in [-0.39, 0.29) is 0 Å². The van der Waals surface area contributed by atoms with Gasteiger partial charge in [0, 0.05) is 31.4 Å². The van der Waals surface area contributed by atoms with E-state index in [1.54, 1.807) is 11.3 Å². The Hall–Kier alpha value is -1.39. The Labute approximate surface area is 131 Å². The third-order valence-electron chi connectivity index (χ3n) is 4.15. The van der Waals surface area contributed by atoms with Crippen molar-refractivity contribution >= 4 is 16.5 Å². The van der Waals surface area contributed by atoms with Gasteiger partial charge >= 0.3 is 0 Å². The smallest absolute Gasteiger partial charge is 0.183 e. The minimum absolute atomic E-state index is 0.565. The summed E-state index contributed by atoms with van der Waals surface area (Å²) < 4.78 is 0. The maximum atomic E-state index is 4.53. The molecule has 4 heteroatoms. The number of aromatic nitrogens is 1. The third-order valence-corrected chi connectivity index (χ3v) is 5.13. The zero-order valence-electron chi connectivity index (χ0n) is 12.7. The van der Waals surface area contributed by atoms with Crippen LogP contribution in [0.5, 0.6) is 0 Å². The van der Waals surface area contributed by atoms with Crippen molar-refractivity contribution in [3.05, 3.63) is 36.5 Å². The predicted molar refractivity (Wildman–Crippen MR) is 90.9 cm³/mol. The first-order valence-electron chi connectivity index (χ1n) is 7.74. The standard InChI is InChI=1S/C17H23N3S/c1-13(2)20-10-8-15(9-11-20)19-17-18-12-16(21-17)14-6-4-3-5-7-14/h3-7,12-13,15H,8-11H2,1-2H3,(H,18,19). The van der Waals surface area contributed by atoms with Crippen LogP contribution in [-0.2, 0) is 0 Å². The van der Waals surface area contributed by atoms with Crippen LogP contribution in [0.2, 0.25) is 0 Å². The number of rotatable bonds is 4. The van der Waals surface area contributed by atoms with Crippen LogP contribution in [-0.4, -0.2) is 35.1 Å². The van der Waals surface area contributed by atoms with E-state index in [9.17, 15) is 0 Å². The molecule has 112 valence electrons. The number of nitrogens with one attached hydrogen (secondary N) is 1. The average molecular weight is 301 g/mol. The van der Waals surface area contributed by atoms with Gasteiger partial charge in [0.1, 0.15) is 0 Å². The van der Waals surface area contributed by atoms with E-state index >= 15 is 0 Å². The lowest BCUT2D eigenvalue weighted by Crippen LogP contribution is -2.42. The summed E-state index contributed by atoms with van der Waals surface area (Å²) in [5.74, 6) is 0. The maximum absolute atomic E-state index is 4.53.